The van der Waals surface area contributed by atoms with Crippen LogP contribution in [0, 0.1) is 17.8 Å². The fraction of sp³-hybridized carbons (Fsp3) is 0.533. The molecule has 2 aliphatic rings. The lowest BCUT2D eigenvalue weighted by Gasteiger charge is -2.22. The van der Waals surface area contributed by atoms with Crippen LogP contribution in [0.5, 0.6) is 0 Å². The average molecular weight is 298 g/mol. The van der Waals surface area contributed by atoms with Crippen LogP contribution in [0.4, 0.5) is 0 Å². The van der Waals surface area contributed by atoms with E-state index in [1.807, 2.05) is 19.2 Å². The molecule has 2 nitrogen and oxygen atoms in total. The highest BCUT2D eigenvalue weighted by atomic mass is 35.5. The first-order valence-corrected chi connectivity index (χ1v) is 7.48. The van der Waals surface area contributed by atoms with E-state index in [0.29, 0.717) is 16.6 Å². The van der Waals surface area contributed by atoms with Gasteiger partial charge in [-0.3, -0.25) is 4.79 Å². The molecule has 4 heteroatoms. The third kappa shape index (κ3) is 2.90. The van der Waals surface area contributed by atoms with Crippen LogP contribution in [0.2, 0.25) is 10.0 Å². The molecule has 0 saturated heterocycles. The zero-order chi connectivity index (χ0) is 13.6. The van der Waals surface area contributed by atoms with Crippen molar-refractivity contribution in [2.75, 3.05) is 7.05 Å². The third-order valence-electron chi connectivity index (χ3n) is 4.31. The van der Waals surface area contributed by atoms with Gasteiger partial charge in [-0.2, -0.15) is 0 Å². The lowest BCUT2D eigenvalue weighted by molar-refractivity contribution is -0.134. The normalized spacial score (nSPS) is 28.1. The number of nitrogens with zero attached hydrogens (tertiary/aromatic N) is 1. The number of rotatable bonds is 3. The Bertz CT molecular complexity index is 487. The van der Waals surface area contributed by atoms with E-state index in [4.69, 9.17) is 23.2 Å². The Balaban J connectivity index is 1.63. The van der Waals surface area contributed by atoms with Gasteiger partial charge in [0.05, 0.1) is 0 Å². The second-order valence-corrected chi connectivity index (χ2v) is 6.77. The van der Waals surface area contributed by atoms with Crippen LogP contribution < -0.4 is 0 Å². The second-order valence-electron chi connectivity index (χ2n) is 5.90. The van der Waals surface area contributed by atoms with E-state index < -0.39 is 0 Å². The summed E-state index contributed by atoms with van der Waals surface area (Å²) >= 11 is 12.0. The molecule has 0 spiro atoms. The molecular weight excluding hydrogens is 281 g/mol. The summed E-state index contributed by atoms with van der Waals surface area (Å²) in [6, 6.07) is 5.44. The molecule has 2 fully saturated rings. The molecular formula is C15H17Cl2NO. The molecule has 1 amide bonds. The molecule has 2 saturated carbocycles. The van der Waals surface area contributed by atoms with Gasteiger partial charge in [-0.15, -0.1) is 0 Å². The zero-order valence-corrected chi connectivity index (χ0v) is 12.4. The first-order chi connectivity index (χ1) is 9.02. The number of hydrogen-bond acceptors (Lipinski definition) is 1. The minimum absolute atomic E-state index is 0.239. The largest absolute Gasteiger partial charge is 0.341 e. The zero-order valence-electron chi connectivity index (χ0n) is 10.9. The average Bonchev–Trinajstić information content (AvgIpc) is 2.94. The monoisotopic (exact) mass is 297 g/mol. The van der Waals surface area contributed by atoms with Crippen LogP contribution >= 0.6 is 23.2 Å². The van der Waals surface area contributed by atoms with E-state index >= 15 is 0 Å². The molecule has 0 heterocycles. The predicted octanol–water partition coefficient (Wildman–Crippen LogP) is 4.00. The van der Waals surface area contributed by atoms with Gasteiger partial charge in [-0.05, 0) is 54.9 Å². The summed E-state index contributed by atoms with van der Waals surface area (Å²) in [6.07, 6.45) is 3.52. The van der Waals surface area contributed by atoms with Gasteiger partial charge in [0.15, 0.2) is 0 Å². The van der Waals surface area contributed by atoms with Gasteiger partial charge in [-0.1, -0.05) is 23.2 Å². The highest BCUT2D eigenvalue weighted by Gasteiger charge is 2.48. The van der Waals surface area contributed by atoms with Crippen LogP contribution in [0.1, 0.15) is 24.8 Å². The van der Waals surface area contributed by atoms with Gasteiger partial charge in [0.1, 0.15) is 0 Å². The van der Waals surface area contributed by atoms with Crippen molar-refractivity contribution in [3.05, 3.63) is 33.8 Å². The van der Waals surface area contributed by atoms with Crippen molar-refractivity contribution in [1.29, 1.82) is 0 Å². The number of carbonyl (C=O) groups is 1. The molecule has 19 heavy (non-hydrogen) atoms. The number of fused-ring (bicyclic) bond motifs is 1. The lowest BCUT2D eigenvalue weighted by atomic mass is 10.0. The highest BCUT2D eigenvalue weighted by molar-refractivity contribution is 6.34. The van der Waals surface area contributed by atoms with E-state index in [1.165, 1.54) is 6.42 Å². The van der Waals surface area contributed by atoms with E-state index in [1.54, 1.807) is 11.0 Å². The Labute approximate surface area is 123 Å². The van der Waals surface area contributed by atoms with Gasteiger partial charge in [0.2, 0.25) is 5.91 Å². The minimum Gasteiger partial charge on any atom is -0.341 e. The van der Waals surface area contributed by atoms with E-state index in [-0.39, 0.29) is 11.8 Å². The minimum atomic E-state index is 0.239. The van der Waals surface area contributed by atoms with Crippen molar-refractivity contribution in [1.82, 2.24) is 4.90 Å². The summed E-state index contributed by atoms with van der Waals surface area (Å²) in [5.74, 6) is 2.18. The van der Waals surface area contributed by atoms with Crippen molar-refractivity contribution in [3.63, 3.8) is 0 Å². The first-order valence-electron chi connectivity index (χ1n) is 6.73. The van der Waals surface area contributed by atoms with Crippen LogP contribution in [0.25, 0.3) is 0 Å². The Morgan fingerprint density at radius 1 is 1.16 bits per heavy atom. The summed E-state index contributed by atoms with van der Waals surface area (Å²) in [7, 11) is 1.86. The molecule has 2 aliphatic carbocycles. The molecule has 0 radical (unpaired) electrons. The second kappa shape index (κ2) is 4.99. The number of hydrogen-bond donors (Lipinski definition) is 0. The smallest absolute Gasteiger partial charge is 0.225 e. The molecule has 0 bridgehead atoms. The SMILES string of the molecule is CN(Cc1cc(Cl)cc(Cl)c1)C(=O)C1CC2CC2C1. The molecule has 102 valence electrons. The van der Waals surface area contributed by atoms with Gasteiger partial charge in [0, 0.05) is 29.6 Å². The first kappa shape index (κ1) is 13.3. The predicted molar refractivity (Wildman–Crippen MR) is 77.3 cm³/mol. The number of benzene rings is 1. The molecule has 2 unspecified atom stereocenters. The fourth-order valence-electron chi connectivity index (χ4n) is 3.28. The van der Waals surface area contributed by atoms with Crippen molar-refractivity contribution < 1.29 is 4.79 Å². The Morgan fingerprint density at radius 3 is 2.32 bits per heavy atom. The van der Waals surface area contributed by atoms with E-state index in [0.717, 1.165) is 30.2 Å². The Hall–Kier alpha value is -0.730. The molecule has 1 aromatic carbocycles. The number of halogens is 2. The van der Waals surface area contributed by atoms with Crippen molar-refractivity contribution in [2.24, 2.45) is 17.8 Å². The van der Waals surface area contributed by atoms with Gasteiger partial charge < -0.3 is 4.90 Å². The number of amides is 1. The molecule has 0 aliphatic heterocycles. The molecule has 2 atom stereocenters. The Morgan fingerprint density at radius 2 is 1.74 bits per heavy atom. The van der Waals surface area contributed by atoms with Crippen molar-refractivity contribution >= 4 is 29.1 Å². The van der Waals surface area contributed by atoms with Crippen molar-refractivity contribution in [2.45, 2.75) is 25.8 Å². The van der Waals surface area contributed by atoms with Gasteiger partial charge in [-0.25, -0.2) is 0 Å². The maximum Gasteiger partial charge on any atom is 0.225 e. The lowest BCUT2D eigenvalue weighted by Crippen LogP contribution is -2.31. The maximum atomic E-state index is 12.3. The van der Waals surface area contributed by atoms with Crippen LogP contribution in [-0.4, -0.2) is 17.9 Å². The van der Waals surface area contributed by atoms with Crippen LogP contribution in [0.15, 0.2) is 18.2 Å². The molecule has 1 aromatic rings. The van der Waals surface area contributed by atoms with Gasteiger partial charge >= 0.3 is 0 Å². The van der Waals surface area contributed by atoms with Crippen molar-refractivity contribution in [3.8, 4) is 0 Å². The quantitative estimate of drug-likeness (QED) is 0.826. The van der Waals surface area contributed by atoms with Crippen LogP contribution in [0.3, 0.4) is 0 Å². The summed E-state index contributed by atoms with van der Waals surface area (Å²) in [5, 5.41) is 1.23. The van der Waals surface area contributed by atoms with E-state index in [9.17, 15) is 4.79 Å². The standard InChI is InChI=1S/C15H17Cl2NO/c1-18(8-9-2-13(16)7-14(17)3-9)15(19)12-5-10-4-11(10)6-12/h2-3,7,10-12H,4-6,8H2,1H3. The maximum absolute atomic E-state index is 12.3. The topological polar surface area (TPSA) is 20.3 Å². The van der Waals surface area contributed by atoms with Gasteiger partial charge in [0.25, 0.3) is 0 Å². The van der Waals surface area contributed by atoms with E-state index in [2.05, 4.69) is 0 Å². The molecule has 3 rings (SSSR count). The Kier molecular flexibility index (Phi) is 3.48. The summed E-state index contributed by atoms with van der Waals surface area (Å²) in [5.41, 5.74) is 0.983. The molecule has 0 aromatic heterocycles. The highest BCUT2D eigenvalue weighted by Crippen LogP contribution is 2.54. The fourth-order valence-corrected chi connectivity index (χ4v) is 3.85. The summed E-state index contributed by atoms with van der Waals surface area (Å²) in [6.45, 7) is 0.574. The molecule has 0 N–H and O–H groups in total. The van der Waals surface area contributed by atoms with Crippen LogP contribution in [-0.2, 0) is 11.3 Å². The number of carbonyl (C=O) groups excluding carboxylic acids is 1. The summed E-state index contributed by atoms with van der Waals surface area (Å²) in [4.78, 5) is 14.1. The summed E-state index contributed by atoms with van der Waals surface area (Å²) < 4.78 is 0. The third-order valence-corrected chi connectivity index (χ3v) is 4.75.